The Hall–Kier alpha value is -1.37. The maximum Gasteiger partial charge on any atom is 0.350 e. The van der Waals surface area contributed by atoms with Crippen LogP contribution in [0.25, 0.3) is 5.65 Å². The van der Waals surface area contributed by atoms with Gasteiger partial charge in [-0.1, -0.05) is 13.0 Å². The van der Waals surface area contributed by atoms with Crippen LogP contribution in [0.5, 0.6) is 0 Å². The average molecular weight is 326 g/mol. The summed E-state index contributed by atoms with van der Waals surface area (Å²) in [6.07, 6.45) is 4.10. The van der Waals surface area contributed by atoms with Gasteiger partial charge in [-0.25, -0.2) is 9.48 Å². The van der Waals surface area contributed by atoms with Crippen LogP contribution in [0.3, 0.4) is 0 Å². The topological polar surface area (TPSA) is 54.6 Å². The number of pyridine rings is 1. The molecule has 0 spiro atoms. The molecule has 1 aliphatic rings. The Morgan fingerprint density at radius 1 is 1.41 bits per heavy atom. The van der Waals surface area contributed by atoms with Gasteiger partial charge >= 0.3 is 5.69 Å². The minimum atomic E-state index is -0.0494. The number of halogens is 1. The number of hydrogen-bond acceptors (Lipinski definition) is 4. The summed E-state index contributed by atoms with van der Waals surface area (Å²) in [4.78, 5) is 14.7. The maximum atomic E-state index is 12.3. The zero-order chi connectivity index (χ0) is 14.7. The zero-order valence-corrected chi connectivity index (χ0v) is 13.8. The number of nitrogens with one attached hydrogen (secondary N) is 1. The average Bonchev–Trinajstić information content (AvgIpc) is 3.13. The van der Waals surface area contributed by atoms with Crippen molar-refractivity contribution < 1.29 is 0 Å². The fourth-order valence-electron chi connectivity index (χ4n) is 3.05. The van der Waals surface area contributed by atoms with Crippen molar-refractivity contribution in [3.05, 3.63) is 34.9 Å². The van der Waals surface area contributed by atoms with Gasteiger partial charge in [-0.3, -0.25) is 9.30 Å². The monoisotopic (exact) mass is 325 g/mol. The van der Waals surface area contributed by atoms with E-state index in [1.807, 2.05) is 18.2 Å². The van der Waals surface area contributed by atoms with Crippen molar-refractivity contribution in [1.82, 2.24) is 24.4 Å². The molecular weight excluding hydrogens is 302 g/mol. The lowest BCUT2D eigenvalue weighted by molar-refractivity contribution is 0.197. The summed E-state index contributed by atoms with van der Waals surface area (Å²) in [5, 5.41) is 7.81. The van der Waals surface area contributed by atoms with E-state index in [2.05, 4.69) is 22.2 Å². The second-order valence-corrected chi connectivity index (χ2v) is 5.62. The van der Waals surface area contributed by atoms with Crippen molar-refractivity contribution in [1.29, 1.82) is 0 Å². The van der Waals surface area contributed by atoms with Crippen molar-refractivity contribution in [2.75, 3.05) is 26.2 Å². The molecule has 0 saturated carbocycles. The van der Waals surface area contributed by atoms with Crippen LogP contribution in [0.1, 0.15) is 19.8 Å². The van der Waals surface area contributed by atoms with Crippen LogP contribution in [-0.2, 0) is 6.54 Å². The lowest BCUT2D eigenvalue weighted by atomic mass is 10.2. The Morgan fingerprint density at radius 3 is 2.95 bits per heavy atom. The van der Waals surface area contributed by atoms with Crippen LogP contribution in [0.4, 0.5) is 0 Å². The highest BCUT2D eigenvalue weighted by Gasteiger charge is 2.21. The lowest BCUT2D eigenvalue weighted by Gasteiger charge is -2.27. The molecule has 3 heterocycles. The quantitative estimate of drug-likeness (QED) is 0.860. The first-order valence-electron chi connectivity index (χ1n) is 7.78. The fourth-order valence-corrected chi connectivity index (χ4v) is 3.05. The molecule has 1 unspecified atom stereocenters. The van der Waals surface area contributed by atoms with Crippen molar-refractivity contribution >= 4 is 18.1 Å². The fraction of sp³-hybridized carbons (Fsp3) is 0.600. The lowest BCUT2D eigenvalue weighted by Crippen LogP contribution is -2.40. The Balaban J connectivity index is 0.00000176. The smallest absolute Gasteiger partial charge is 0.315 e. The van der Waals surface area contributed by atoms with E-state index in [1.165, 1.54) is 6.42 Å². The summed E-state index contributed by atoms with van der Waals surface area (Å²) in [5.74, 6) is 0. The molecule has 0 bridgehead atoms. The number of hydrogen-bond donors (Lipinski definition) is 1. The van der Waals surface area contributed by atoms with Crippen molar-refractivity contribution in [3.63, 3.8) is 0 Å². The largest absolute Gasteiger partial charge is 0.350 e. The molecule has 0 radical (unpaired) electrons. The van der Waals surface area contributed by atoms with Gasteiger partial charge in [-0.15, -0.1) is 17.5 Å². The van der Waals surface area contributed by atoms with Crippen molar-refractivity contribution in [3.8, 4) is 0 Å². The molecule has 22 heavy (non-hydrogen) atoms. The maximum absolute atomic E-state index is 12.3. The number of aromatic nitrogens is 3. The first-order chi connectivity index (χ1) is 10.3. The van der Waals surface area contributed by atoms with Gasteiger partial charge in [0.1, 0.15) is 0 Å². The highest BCUT2D eigenvalue weighted by molar-refractivity contribution is 5.85. The summed E-state index contributed by atoms with van der Waals surface area (Å²) in [6, 6.07) is 6.22. The Kier molecular flexibility index (Phi) is 5.99. The minimum Gasteiger partial charge on any atom is -0.315 e. The predicted molar refractivity (Wildman–Crippen MR) is 89.8 cm³/mol. The van der Waals surface area contributed by atoms with Crippen LogP contribution in [-0.4, -0.2) is 51.3 Å². The summed E-state index contributed by atoms with van der Waals surface area (Å²) in [6.45, 7) is 6.96. The molecule has 122 valence electrons. The second-order valence-electron chi connectivity index (χ2n) is 5.62. The molecule has 3 rings (SSSR count). The normalized spacial score (nSPS) is 18.0. The Morgan fingerprint density at radius 2 is 2.27 bits per heavy atom. The van der Waals surface area contributed by atoms with Gasteiger partial charge in [0.05, 0.1) is 6.54 Å². The first-order valence-corrected chi connectivity index (χ1v) is 7.78. The zero-order valence-electron chi connectivity index (χ0n) is 12.9. The summed E-state index contributed by atoms with van der Waals surface area (Å²) >= 11 is 0. The summed E-state index contributed by atoms with van der Waals surface area (Å²) < 4.78 is 3.18. The van der Waals surface area contributed by atoms with Crippen LogP contribution in [0.2, 0.25) is 0 Å². The third-order valence-electron chi connectivity index (χ3n) is 4.15. The van der Waals surface area contributed by atoms with Gasteiger partial charge in [0.25, 0.3) is 0 Å². The van der Waals surface area contributed by atoms with Gasteiger partial charge in [0.2, 0.25) is 0 Å². The molecule has 0 aliphatic carbocycles. The Labute approximate surface area is 136 Å². The number of fused-ring (bicyclic) bond motifs is 1. The van der Waals surface area contributed by atoms with E-state index >= 15 is 0 Å². The molecule has 0 aromatic carbocycles. The highest BCUT2D eigenvalue weighted by atomic mass is 35.5. The molecule has 1 N–H and O–H groups in total. The van der Waals surface area contributed by atoms with Gasteiger partial charge in [0.15, 0.2) is 5.65 Å². The highest BCUT2D eigenvalue weighted by Crippen LogP contribution is 2.09. The molecule has 1 saturated heterocycles. The summed E-state index contributed by atoms with van der Waals surface area (Å²) in [5.41, 5.74) is 0.665. The van der Waals surface area contributed by atoms with Crippen LogP contribution in [0, 0.1) is 0 Å². The molecule has 1 atom stereocenters. The van der Waals surface area contributed by atoms with E-state index in [0.29, 0.717) is 18.2 Å². The molecule has 0 amide bonds. The van der Waals surface area contributed by atoms with Gasteiger partial charge < -0.3 is 5.32 Å². The van der Waals surface area contributed by atoms with Crippen LogP contribution < -0.4 is 11.0 Å². The third-order valence-corrected chi connectivity index (χ3v) is 4.15. The number of rotatable bonds is 6. The Bertz CT molecular complexity index is 647. The third kappa shape index (κ3) is 3.51. The van der Waals surface area contributed by atoms with E-state index in [9.17, 15) is 4.79 Å². The van der Waals surface area contributed by atoms with Crippen molar-refractivity contribution in [2.45, 2.75) is 32.4 Å². The molecule has 2 aromatic heterocycles. The molecular formula is C15H24ClN5O. The van der Waals surface area contributed by atoms with Crippen LogP contribution >= 0.6 is 12.4 Å². The van der Waals surface area contributed by atoms with Gasteiger partial charge in [-0.2, -0.15) is 0 Å². The van der Waals surface area contributed by atoms with Crippen LogP contribution in [0.15, 0.2) is 29.2 Å². The van der Waals surface area contributed by atoms with E-state index < -0.39 is 0 Å². The first kappa shape index (κ1) is 17.0. The van der Waals surface area contributed by atoms with E-state index in [0.717, 1.165) is 32.6 Å². The predicted octanol–water partition coefficient (Wildman–Crippen LogP) is 0.992. The molecule has 1 aliphatic heterocycles. The van der Waals surface area contributed by atoms with Gasteiger partial charge in [0, 0.05) is 25.3 Å². The van der Waals surface area contributed by atoms with Gasteiger partial charge in [-0.05, 0) is 38.1 Å². The standard InChI is InChI=1S/C15H23N5O.ClH/c1-2-8-18(13-6-7-16-12-13)10-11-20-15(21)19-9-4-3-5-14(19)17-20;/h3-5,9,13,16H,2,6-8,10-12H2,1H3;1H. The summed E-state index contributed by atoms with van der Waals surface area (Å²) in [7, 11) is 0. The molecule has 2 aromatic rings. The second kappa shape index (κ2) is 7.76. The number of nitrogens with zero attached hydrogens (tertiary/aromatic N) is 4. The minimum absolute atomic E-state index is 0. The van der Waals surface area contributed by atoms with Crippen molar-refractivity contribution in [2.24, 2.45) is 0 Å². The molecule has 6 nitrogen and oxygen atoms in total. The SMILES string of the molecule is CCCN(CCn1nc2ccccn2c1=O)C1CCNC1.Cl. The molecule has 1 fully saturated rings. The molecule has 7 heteroatoms. The van der Waals surface area contributed by atoms with E-state index in [-0.39, 0.29) is 18.1 Å². The van der Waals surface area contributed by atoms with E-state index in [1.54, 1.807) is 15.3 Å². The van der Waals surface area contributed by atoms with E-state index in [4.69, 9.17) is 0 Å².